The third-order valence-electron chi connectivity index (χ3n) is 4.43. The molecule has 1 fully saturated rings. The van der Waals surface area contributed by atoms with Gasteiger partial charge in [-0.05, 0) is 28.3 Å². The van der Waals surface area contributed by atoms with E-state index in [-0.39, 0.29) is 5.91 Å². The van der Waals surface area contributed by atoms with Gasteiger partial charge in [0.2, 0.25) is 0 Å². The standard InChI is InChI=1S/C16H16N2O/c19-16-14-6-11-4-2-1-3-10(11)5-13(14)15-9-17-7-12(15)8-18-16/h1-6,12,15,17H,7-9H2,(H,18,19)/t12-,15+/m0/s1. The van der Waals surface area contributed by atoms with Crippen LogP contribution in [0.25, 0.3) is 10.8 Å². The van der Waals surface area contributed by atoms with Gasteiger partial charge < -0.3 is 10.6 Å². The van der Waals surface area contributed by atoms with Gasteiger partial charge in [0.05, 0.1) is 0 Å². The Hall–Kier alpha value is -1.87. The van der Waals surface area contributed by atoms with E-state index >= 15 is 0 Å². The molecule has 3 nitrogen and oxygen atoms in total. The van der Waals surface area contributed by atoms with Crippen LogP contribution in [0.15, 0.2) is 36.4 Å². The van der Waals surface area contributed by atoms with Gasteiger partial charge in [-0.2, -0.15) is 0 Å². The number of hydrogen-bond acceptors (Lipinski definition) is 2. The van der Waals surface area contributed by atoms with Crippen LogP contribution in [-0.2, 0) is 0 Å². The SMILES string of the molecule is O=C1NC[C@@H]2CNC[C@H]2c2cc3ccccc3cc21. The Kier molecular flexibility index (Phi) is 2.35. The molecule has 0 bridgehead atoms. The molecule has 2 aliphatic heterocycles. The average Bonchev–Trinajstić information content (AvgIpc) is 2.87. The summed E-state index contributed by atoms with van der Waals surface area (Å²) in [6, 6.07) is 12.5. The Balaban J connectivity index is 1.97. The van der Waals surface area contributed by atoms with Crippen LogP contribution < -0.4 is 10.6 Å². The monoisotopic (exact) mass is 252 g/mol. The van der Waals surface area contributed by atoms with Crippen molar-refractivity contribution in [2.24, 2.45) is 5.92 Å². The zero-order valence-electron chi connectivity index (χ0n) is 10.6. The fraction of sp³-hybridized carbons (Fsp3) is 0.312. The van der Waals surface area contributed by atoms with Crippen molar-refractivity contribution in [2.45, 2.75) is 5.92 Å². The molecule has 0 spiro atoms. The molecule has 2 N–H and O–H groups in total. The van der Waals surface area contributed by atoms with Gasteiger partial charge in [0, 0.05) is 31.1 Å². The third kappa shape index (κ3) is 1.65. The summed E-state index contributed by atoms with van der Waals surface area (Å²) in [5.41, 5.74) is 2.07. The van der Waals surface area contributed by atoms with Crippen molar-refractivity contribution in [3.8, 4) is 0 Å². The minimum atomic E-state index is 0.0788. The van der Waals surface area contributed by atoms with E-state index < -0.39 is 0 Å². The first-order valence-corrected chi connectivity index (χ1v) is 6.84. The summed E-state index contributed by atoms with van der Waals surface area (Å²) in [7, 11) is 0. The van der Waals surface area contributed by atoms with Crippen molar-refractivity contribution >= 4 is 16.7 Å². The zero-order valence-corrected chi connectivity index (χ0v) is 10.6. The van der Waals surface area contributed by atoms with E-state index in [1.807, 2.05) is 12.1 Å². The minimum absolute atomic E-state index is 0.0788. The van der Waals surface area contributed by atoms with Gasteiger partial charge in [-0.25, -0.2) is 0 Å². The molecule has 0 aliphatic carbocycles. The largest absolute Gasteiger partial charge is 0.352 e. The highest BCUT2D eigenvalue weighted by Gasteiger charge is 2.34. The van der Waals surface area contributed by atoms with Crippen LogP contribution in [-0.4, -0.2) is 25.5 Å². The predicted molar refractivity (Wildman–Crippen MR) is 75.4 cm³/mol. The van der Waals surface area contributed by atoms with Crippen molar-refractivity contribution < 1.29 is 4.79 Å². The lowest BCUT2D eigenvalue weighted by Crippen LogP contribution is -2.28. The highest BCUT2D eigenvalue weighted by atomic mass is 16.1. The molecule has 2 atom stereocenters. The Bertz CT molecular complexity index is 665. The van der Waals surface area contributed by atoms with Crippen LogP contribution in [0.2, 0.25) is 0 Å². The van der Waals surface area contributed by atoms with E-state index in [2.05, 4.69) is 34.9 Å². The molecule has 2 heterocycles. The molecular weight excluding hydrogens is 236 g/mol. The number of rotatable bonds is 0. The number of hydrogen-bond donors (Lipinski definition) is 2. The molecule has 0 saturated carbocycles. The number of amides is 1. The highest BCUT2D eigenvalue weighted by molar-refractivity contribution is 6.00. The molecule has 1 amide bonds. The second-order valence-corrected chi connectivity index (χ2v) is 5.52. The normalized spacial score (nSPS) is 25.6. The van der Waals surface area contributed by atoms with Crippen LogP contribution in [0.3, 0.4) is 0 Å². The molecule has 2 aliphatic rings. The van der Waals surface area contributed by atoms with Gasteiger partial charge in [-0.1, -0.05) is 30.3 Å². The second-order valence-electron chi connectivity index (χ2n) is 5.52. The van der Waals surface area contributed by atoms with Crippen LogP contribution >= 0.6 is 0 Å². The summed E-state index contributed by atoms with van der Waals surface area (Å²) in [5, 5.41) is 8.87. The molecule has 19 heavy (non-hydrogen) atoms. The van der Waals surface area contributed by atoms with Crippen LogP contribution in [0.4, 0.5) is 0 Å². The maximum absolute atomic E-state index is 12.2. The fourth-order valence-corrected chi connectivity index (χ4v) is 3.39. The maximum Gasteiger partial charge on any atom is 0.251 e. The first kappa shape index (κ1) is 11.0. The topological polar surface area (TPSA) is 41.1 Å². The lowest BCUT2D eigenvalue weighted by atomic mass is 9.86. The number of carbonyl (C=O) groups excluding carboxylic acids is 1. The van der Waals surface area contributed by atoms with E-state index in [9.17, 15) is 4.79 Å². The fourth-order valence-electron chi connectivity index (χ4n) is 3.39. The Labute approximate surface area is 112 Å². The molecule has 0 unspecified atom stereocenters. The zero-order chi connectivity index (χ0) is 12.8. The molecule has 2 aromatic rings. The molecule has 0 aromatic heterocycles. The summed E-state index contributed by atoms with van der Waals surface area (Å²) >= 11 is 0. The van der Waals surface area contributed by atoms with Gasteiger partial charge >= 0.3 is 0 Å². The van der Waals surface area contributed by atoms with Gasteiger partial charge in [0.25, 0.3) is 5.91 Å². The smallest absolute Gasteiger partial charge is 0.251 e. The molecule has 0 radical (unpaired) electrons. The van der Waals surface area contributed by atoms with E-state index in [1.165, 1.54) is 10.9 Å². The van der Waals surface area contributed by atoms with Crippen LogP contribution in [0.5, 0.6) is 0 Å². The number of fused-ring (bicyclic) bond motifs is 4. The number of nitrogens with one attached hydrogen (secondary N) is 2. The maximum atomic E-state index is 12.2. The summed E-state index contributed by atoms with van der Waals surface area (Å²) in [5.74, 6) is 1.06. The molecule has 96 valence electrons. The summed E-state index contributed by atoms with van der Waals surface area (Å²) in [6.45, 7) is 2.75. The van der Waals surface area contributed by atoms with Crippen molar-refractivity contribution in [3.63, 3.8) is 0 Å². The molecule has 2 aromatic carbocycles. The quantitative estimate of drug-likeness (QED) is 0.751. The lowest BCUT2D eigenvalue weighted by molar-refractivity contribution is 0.0952. The molecular formula is C16H16N2O. The molecule has 4 rings (SSSR count). The van der Waals surface area contributed by atoms with E-state index in [4.69, 9.17) is 0 Å². The predicted octanol–water partition coefficient (Wildman–Crippen LogP) is 1.89. The van der Waals surface area contributed by atoms with Gasteiger partial charge in [0.1, 0.15) is 0 Å². The van der Waals surface area contributed by atoms with Crippen molar-refractivity contribution in [3.05, 3.63) is 47.5 Å². The summed E-state index contributed by atoms with van der Waals surface area (Å²) in [4.78, 5) is 12.2. The second kappa shape index (κ2) is 4.07. The van der Waals surface area contributed by atoms with Crippen LogP contribution in [0, 0.1) is 5.92 Å². The van der Waals surface area contributed by atoms with Crippen LogP contribution in [0.1, 0.15) is 21.8 Å². The van der Waals surface area contributed by atoms with Gasteiger partial charge in [-0.15, -0.1) is 0 Å². The molecule has 1 saturated heterocycles. The Morgan fingerprint density at radius 2 is 1.79 bits per heavy atom. The van der Waals surface area contributed by atoms with E-state index in [0.717, 1.165) is 30.6 Å². The minimum Gasteiger partial charge on any atom is -0.352 e. The summed E-state index contributed by atoms with van der Waals surface area (Å²) in [6.07, 6.45) is 0. The van der Waals surface area contributed by atoms with Crippen molar-refractivity contribution in [1.29, 1.82) is 0 Å². The molecule has 3 heteroatoms. The third-order valence-corrected chi connectivity index (χ3v) is 4.43. The van der Waals surface area contributed by atoms with Crippen molar-refractivity contribution in [2.75, 3.05) is 19.6 Å². The highest BCUT2D eigenvalue weighted by Crippen LogP contribution is 2.34. The number of benzene rings is 2. The first-order chi connectivity index (χ1) is 9.33. The van der Waals surface area contributed by atoms with Gasteiger partial charge in [-0.3, -0.25) is 4.79 Å². The average molecular weight is 252 g/mol. The van der Waals surface area contributed by atoms with Gasteiger partial charge in [0.15, 0.2) is 0 Å². The first-order valence-electron chi connectivity index (χ1n) is 6.84. The lowest BCUT2D eigenvalue weighted by Gasteiger charge is -2.16. The Morgan fingerprint density at radius 1 is 1.00 bits per heavy atom. The van der Waals surface area contributed by atoms with E-state index in [0.29, 0.717) is 11.8 Å². The Morgan fingerprint density at radius 3 is 2.63 bits per heavy atom. The van der Waals surface area contributed by atoms with E-state index in [1.54, 1.807) is 0 Å². The van der Waals surface area contributed by atoms with Crippen molar-refractivity contribution in [1.82, 2.24) is 10.6 Å². The summed E-state index contributed by atoms with van der Waals surface area (Å²) < 4.78 is 0. The number of carbonyl (C=O) groups is 1.